The highest BCUT2D eigenvalue weighted by Crippen LogP contribution is 2.24. The number of hydrogen-bond acceptors (Lipinski definition) is 6. The lowest BCUT2D eigenvalue weighted by molar-refractivity contribution is -0.116. The summed E-state index contributed by atoms with van der Waals surface area (Å²) in [6.45, 7) is 0. The van der Waals surface area contributed by atoms with Crippen LogP contribution in [-0.2, 0) is 25.3 Å². The van der Waals surface area contributed by atoms with Crippen molar-refractivity contribution in [3.8, 4) is 0 Å². The van der Waals surface area contributed by atoms with Gasteiger partial charge in [-0.1, -0.05) is 105 Å². The monoisotopic (exact) mass is 596 g/mol. The number of nitrogens with one attached hydrogen (secondary N) is 1. The third-order valence-corrected chi connectivity index (χ3v) is 8.98. The van der Waals surface area contributed by atoms with Crippen LogP contribution in [0.1, 0.15) is 69.3 Å². The van der Waals surface area contributed by atoms with E-state index >= 15 is 0 Å². The van der Waals surface area contributed by atoms with Crippen molar-refractivity contribution in [2.75, 3.05) is 11.1 Å². The summed E-state index contributed by atoms with van der Waals surface area (Å²) in [5, 5.41) is 21.1. The van der Waals surface area contributed by atoms with Crippen molar-refractivity contribution in [1.82, 2.24) is 24.5 Å². The summed E-state index contributed by atoms with van der Waals surface area (Å²) in [4.78, 5) is 24.9. The Balaban J connectivity index is 0.941. The molecule has 0 saturated heterocycles. The fourth-order valence-corrected chi connectivity index (χ4v) is 6.37. The molecule has 8 nitrogen and oxygen atoms in total. The molecule has 1 N–H and O–H groups in total. The van der Waals surface area contributed by atoms with Crippen molar-refractivity contribution >= 4 is 44.9 Å². The Kier molecular flexibility index (Phi) is 10.6. The SMILES string of the molecule is Cn1c(Cc2nn(C)c(=O)c3ccccc23)nnc1SCCCCCCCCCCC(=O)Nc1cccc2ccccc12. The van der Waals surface area contributed by atoms with Crippen molar-refractivity contribution in [2.24, 2.45) is 14.1 Å². The number of unbranched alkanes of at least 4 members (excludes halogenated alkanes) is 7. The number of amides is 1. The second-order valence-electron chi connectivity index (χ2n) is 11.1. The molecule has 0 aliphatic rings. The summed E-state index contributed by atoms with van der Waals surface area (Å²) in [7, 11) is 3.68. The minimum absolute atomic E-state index is 0.0915. The third kappa shape index (κ3) is 7.90. The summed E-state index contributed by atoms with van der Waals surface area (Å²) in [6.07, 6.45) is 10.3. The molecule has 0 spiro atoms. The molecule has 0 saturated carbocycles. The van der Waals surface area contributed by atoms with Gasteiger partial charge < -0.3 is 9.88 Å². The van der Waals surface area contributed by atoms with Gasteiger partial charge in [-0.25, -0.2) is 4.68 Å². The van der Waals surface area contributed by atoms with E-state index in [9.17, 15) is 9.59 Å². The van der Waals surface area contributed by atoms with Gasteiger partial charge in [0, 0.05) is 42.7 Å². The van der Waals surface area contributed by atoms with Crippen LogP contribution in [-0.4, -0.2) is 36.2 Å². The Morgan fingerprint density at radius 2 is 1.42 bits per heavy atom. The summed E-state index contributed by atoms with van der Waals surface area (Å²) < 4.78 is 3.44. The Labute approximate surface area is 256 Å². The average Bonchev–Trinajstić information content (AvgIpc) is 3.37. The number of benzene rings is 3. The quantitative estimate of drug-likeness (QED) is 0.103. The van der Waals surface area contributed by atoms with E-state index in [0.717, 1.165) is 63.5 Å². The Bertz CT molecular complexity index is 1740. The van der Waals surface area contributed by atoms with Crippen LogP contribution in [0.4, 0.5) is 5.69 Å². The van der Waals surface area contributed by atoms with Gasteiger partial charge in [0.15, 0.2) is 5.16 Å². The molecule has 0 atom stereocenters. The molecule has 0 radical (unpaired) electrons. The second kappa shape index (κ2) is 15.0. The molecule has 0 aliphatic heterocycles. The van der Waals surface area contributed by atoms with E-state index < -0.39 is 0 Å². The van der Waals surface area contributed by atoms with Crippen LogP contribution < -0.4 is 10.9 Å². The number of nitrogens with zero attached hydrogens (tertiary/aromatic N) is 5. The van der Waals surface area contributed by atoms with Gasteiger partial charge in [0.2, 0.25) is 5.91 Å². The lowest BCUT2D eigenvalue weighted by Crippen LogP contribution is -2.21. The molecule has 0 aliphatic carbocycles. The first-order chi connectivity index (χ1) is 21.0. The van der Waals surface area contributed by atoms with E-state index in [2.05, 4.69) is 32.7 Å². The topological polar surface area (TPSA) is 94.7 Å². The number of carbonyl (C=O) groups is 1. The number of aromatic nitrogens is 5. The van der Waals surface area contributed by atoms with Crippen LogP contribution in [0.3, 0.4) is 0 Å². The predicted octanol–water partition coefficient (Wildman–Crippen LogP) is 7.05. The lowest BCUT2D eigenvalue weighted by atomic mass is 10.1. The molecule has 1 amide bonds. The van der Waals surface area contributed by atoms with Crippen molar-refractivity contribution in [1.29, 1.82) is 0 Å². The maximum absolute atomic E-state index is 12.4. The summed E-state index contributed by atoms with van der Waals surface area (Å²) >= 11 is 1.74. The molecule has 0 fully saturated rings. The number of aryl methyl sites for hydroxylation is 1. The van der Waals surface area contributed by atoms with Crippen molar-refractivity contribution in [3.63, 3.8) is 0 Å². The van der Waals surface area contributed by atoms with Crippen LogP contribution in [0.25, 0.3) is 21.5 Å². The highest BCUT2D eigenvalue weighted by Gasteiger charge is 2.14. The predicted molar refractivity (Wildman–Crippen MR) is 176 cm³/mol. The highest BCUT2D eigenvalue weighted by atomic mass is 32.2. The van der Waals surface area contributed by atoms with E-state index in [1.165, 1.54) is 36.8 Å². The first-order valence-corrected chi connectivity index (χ1v) is 16.2. The Morgan fingerprint density at radius 3 is 2.21 bits per heavy atom. The van der Waals surface area contributed by atoms with Gasteiger partial charge in [0.05, 0.1) is 17.5 Å². The average molecular weight is 597 g/mol. The van der Waals surface area contributed by atoms with E-state index in [4.69, 9.17) is 0 Å². The molecule has 0 bridgehead atoms. The van der Waals surface area contributed by atoms with E-state index in [1.807, 2.05) is 66.2 Å². The maximum atomic E-state index is 12.4. The van der Waals surface area contributed by atoms with E-state index in [0.29, 0.717) is 18.2 Å². The van der Waals surface area contributed by atoms with Crippen molar-refractivity contribution < 1.29 is 4.79 Å². The number of rotatable bonds is 15. The zero-order valence-electron chi connectivity index (χ0n) is 25.1. The number of thioether (sulfide) groups is 1. The van der Waals surface area contributed by atoms with Gasteiger partial charge in [-0.05, 0) is 30.4 Å². The lowest BCUT2D eigenvalue weighted by Gasteiger charge is -2.09. The standard InChI is InChI=1S/C34H40N6O2S/c1-39-31(24-30-27-19-12-13-20-28(27)33(42)40(2)38-30)36-37-34(39)43-23-14-8-6-4-3-5-7-9-22-32(41)35-29-21-15-17-25-16-10-11-18-26(25)29/h10-13,15-21H,3-9,14,22-24H2,1-2H3,(H,35,41). The fraction of sp³-hybridized carbons (Fsp3) is 0.382. The zero-order valence-corrected chi connectivity index (χ0v) is 25.9. The van der Waals surface area contributed by atoms with Gasteiger partial charge in [-0.2, -0.15) is 5.10 Å². The summed E-state index contributed by atoms with van der Waals surface area (Å²) in [5.41, 5.74) is 1.63. The third-order valence-electron chi connectivity index (χ3n) is 7.88. The Hall–Kier alpha value is -3.98. The molecule has 43 heavy (non-hydrogen) atoms. The second-order valence-corrected chi connectivity index (χ2v) is 12.1. The maximum Gasteiger partial charge on any atom is 0.274 e. The molecule has 2 aromatic heterocycles. The number of hydrogen-bond donors (Lipinski definition) is 1. The molecule has 5 rings (SSSR count). The molecular weight excluding hydrogens is 556 g/mol. The van der Waals surface area contributed by atoms with Gasteiger partial charge in [0.1, 0.15) is 5.82 Å². The van der Waals surface area contributed by atoms with Crippen LogP contribution in [0.2, 0.25) is 0 Å². The zero-order chi connectivity index (χ0) is 30.0. The molecule has 3 aromatic carbocycles. The number of carbonyl (C=O) groups excluding carboxylic acids is 1. The van der Waals surface area contributed by atoms with Gasteiger partial charge in [-0.15, -0.1) is 10.2 Å². The Morgan fingerprint density at radius 1 is 0.767 bits per heavy atom. The van der Waals surface area contributed by atoms with Gasteiger partial charge in [0.25, 0.3) is 5.56 Å². The molecule has 0 unspecified atom stereocenters. The van der Waals surface area contributed by atoms with Gasteiger partial charge >= 0.3 is 0 Å². The summed E-state index contributed by atoms with van der Waals surface area (Å²) in [6, 6.07) is 21.8. The van der Waals surface area contributed by atoms with Crippen LogP contribution >= 0.6 is 11.8 Å². The summed E-state index contributed by atoms with van der Waals surface area (Å²) in [5.74, 6) is 1.95. The van der Waals surface area contributed by atoms with E-state index in [-0.39, 0.29) is 11.5 Å². The molecule has 2 heterocycles. The van der Waals surface area contributed by atoms with E-state index in [1.54, 1.807) is 18.8 Å². The number of fused-ring (bicyclic) bond motifs is 2. The molecule has 9 heteroatoms. The van der Waals surface area contributed by atoms with Crippen LogP contribution in [0.5, 0.6) is 0 Å². The van der Waals surface area contributed by atoms with Crippen LogP contribution in [0.15, 0.2) is 76.7 Å². The first-order valence-electron chi connectivity index (χ1n) is 15.2. The van der Waals surface area contributed by atoms with Crippen molar-refractivity contribution in [2.45, 2.75) is 69.4 Å². The van der Waals surface area contributed by atoms with Crippen LogP contribution in [0, 0.1) is 0 Å². The first kappa shape index (κ1) is 30.5. The molecule has 5 aromatic rings. The number of anilines is 1. The smallest absolute Gasteiger partial charge is 0.274 e. The minimum Gasteiger partial charge on any atom is -0.326 e. The molecule has 224 valence electrons. The minimum atomic E-state index is -0.0915. The molecular formula is C34H40N6O2S. The van der Waals surface area contributed by atoms with Crippen molar-refractivity contribution in [3.05, 3.63) is 88.6 Å². The normalized spacial score (nSPS) is 11.4. The largest absolute Gasteiger partial charge is 0.326 e. The van der Waals surface area contributed by atoms with Gasteiger partial charge in [-0.3, -0.25) is 9.59 Å². The fourth-order valence-electron chi connectivity index (χ4n) is 5.44. The highest BCUT2D eigenvalue weighted by molar-refractivity contribution is 7.99.